The first-order valence-electron chi connectivity index (χ1n) is 16.3. The zero-order valence-electron chi connectivity index (χ0n) is 24.8. The van der Waals surface area contributed by atoms with Crippen LogP contribution >= 0.6 is 0 Å². The van der Waals surface area contributed by atoms with Crippen molar-refractivity contribution in [3.8, 4) is 0 Å². The average Bonchev–Trinajstić information content (AvgIpc) is 3.26. The molecule has 0 amide bonds. The van der Waals surface area contributed by atoms with Gasteiger partial charge in [0.15, 0.2) is 0 Å². The molecular weight excluding hydrogens is 424 g/mol. The molecule has 0 saturated heterocycles. The smallest absolute Gasteiger partial charge is 0.234 e. The Morgan fingerprint density at radius 2 is 0.914 bits per heavy atom. The molecule has 206 valence electrons. The summed E-state index contributed by atoms with van der Waals surface area (Å²) < 4.78 is 5.10. The molecule has 2 nitrogen and oxygen atoms in total. The van der Waals surface area contributed by atoms with E-state index in [1.54, 1.807) is 5.82 Å². The van der Waals surface area contributed by atoms with Gasteiger partial charge in [0, 0.05) is 6.42 Å². The van der Waals surface area contributed by atoms with Gasteiger partial charge in [-0.1, -0.05) is 142 Å². The summed E-state index contributed by atoms with van der Waals surface area (Å²) in [6.07, 6.45) is 38.8. The summed E-state index contributed by atoms with van der Waals surface area (Å²) in [6, 6.07) is 0.570. The second kappa shape index (κ2) is 23.6. The lowest BCUT2D eigenvalue weighted by Crippen LogP contribution is -2.37. The van der Waals surface area contributed by atoms with Crippen molar-refractivity contribution in [2.75, 3.05) is 0 Å². The predicted molar refractivity (Wildman–Crippen MR) is 156 cm³/mol. The van der Waals surface area contributed by atoms with Crippen LogP contribution in [0.3, 0.4) is 0 Å². The molecule has 0 aliphatic rings. The van der Waals surface area contributed by atoms with Gasteiger partial charge >= 0.3 is 0 Å². The van der Waals surface area contributed by atoms with Crippen molar-refractivity contribution < 1.29 is 4.57 Å². The van der Waals surface area contributed by atoms with Crippen molar-refractivity contribution in [3.63, 3.8) is 0 Å². The molecule has 1 aromatic rings. The lowest BCUT2D eigenvalue weighted by molar-refractivity contribution is -0.704. The highest BCUT2D eigenvalue weighted by Crippen LogP contribution is 2.15. The number of imidazole rings is 1. The molecule has 0 unspecified atom stereocenters. The third kappa shape index (κ3) is 17.3. The molecule has 0 radical (unpaired) electrons. The van der Waals surface area contributed by atoms with Gasteiger partial charge in [0.1, 0.15) is 12.4 Å². The summed E-state index contributed by atoms with van der Waals surface area (Å²) in [6.45, 7) is 10.5. The van der Waals surface area contributed by atoms with Crippen molar-refractivity contribution in [1.82, 2.24) is 4.57 Å². The van der Waals surface area contributed by atoms with E-state index < -0.39 is 0 Å². The summed E-state index contributed by atoms with van der Waals surface area (Å²) in [5.41, 5.74) is 0. The van der Waals surface area contributed by atoms with Crippen LogP contribution in [0, 0.1) is 0 Å². The second-order valence-corrected chi connectivity index (χ2v) is 11.6. The summed E-state index contributed by atoms with van der Waals surface area (Å²) in [4.78, 5) is 0. The van der Waals surface area contributed by atoms with Gasteiger partial charge in [-0.3, -0.25) is 0 Å². The SMILES string of the molecule is CCCCCCCCCCCCCC[n+]1ccn(C(C)C)c1CCCCCCCCCCCCC. The van der Waals surface area contributed by atoms with Crippen LogP contribution in [0.1, 0.15) is 187 Å². The van der Waals surface area contributed by atoms with Crippen LogP contribution < -0.4 is 4.57 Å². The number of rotatable bonds is 26. The largest absolute Gasteiger partial charge is 0.256 e. The topological polar surface area (TPSA) is 8.81 Å². The highest BCUT2D eigenvalue weighted by atomic mass is 15.2. The summed E-state index contributed by atoms with van der Waals surface area (Å²) in [5, 5.41) is 0. The average molecular weight is 490 g/mol. The minimum Gasteiger partial charge on any atom is -0.234 e. The first-order valence-corrected chi connectivity index (χ1v) is 16.3. The molecular formula is C33H65N2+. The van der Waals surface area contributed by atoms with Gasteiger partial charge in [-0.2, -0.15) is 0 Å². The van der Waals surface area contributed by atoms with E-state index in [2.05, 4.69) is 49.2 Å². The molecule has 0 aliphatic heterocycles. The Kier molecular flexibility index (Phi) is 21.7. The molecule has 0 spiro atoms. The van der Waals surface area contributed by atoms with Gasteiger partial charge in [-0.15, -0.1) is 0 Å². The molecule has 35 heavy (non-hydrogen) atoms. The van der Waals surface area contributed by atoms with Gasteiger partial charge < -0.3 is 0 Å². The van der Waals surface area contributed by atoms with Gasteiger partial charge in [0.05, 0.1) is 12.6 Å². The Labute approximate surface area is 221 Å². The Hall–Kier alpha value is -0.790. The normalized spacial score (nSPS) is 11.7. The van der Waals surface area contributed by atoms with Crippen LogP contribution in [-0.2, 0) is 13.0 Å². The van der Waals surface area contributed by atoms with E-state index in [0.29, 0.717) is 6.04 Å². The van der Waals surface area contributed by atoms with E-state index >= 15 is 0 Å². The lowest BCUT2D eigenvalue weighted by atomic mass is 10.0. The van der Waals surface area contributed by atoms with Crippen LogP contribution in [0.5, 0.6) is 0 Å². The van der Waals surface area contributed by atoms with E-state index in [1.807, 2.05) is 0 Å². The number of unbranched alkanes of at least 4 members (excludes halogenated alkanes) is 21. The highest BCUT2D eigenvalue weighted by molar-refractivity contribution is 4.86. The van der Waals surface area contributed by atoms with E-state index in [4.69, 9.17) is 0 Å². The van der Waals surface area contributed by atoms with E-state index in [-0.39, 0.29) is 0 Å². The standard InChI is InChI=1S/C33H65N2/c1-5-7-9-11-13-15-17-19-21-23-25-27-29-34-30-31-35(32(3)4)33(34)28-26-24-22-20-18-16-14-12-10-8-6-2/h30-32H,5-29H2,1-4H3/q+1. The van der Waals surface area contributed by atoms with Gasteiger partial charge in [-0.25, -0.2) is 9.13 Å². The molecule has 0 fully saturated rings. The lowest BCUT2D eigenvalue weighted by Gasteiger charge is -2.08. The molecule has 0 aliphatic carbocycles. The highest BCUT2D eigenvalue weighted by Gasteiger charge is 2.18. The zero-order valence-corrected chi connectivity index (χ0v) is 24.8. The quantitative estimate of drug-likeness (QED) is 0.0903. The maximum atomic E-state index is 2.58. The van der Waals surface area contributed by atoms with Crippen LogP contribution in [0.15, 0.2) is 12.4 Å². The van der Waals surface area contributed by atoms with Crippen LogP contribution in [0.4, 0.5) is 0 Å². The molecule has 1 aromatic heterocycles. The maximum absolute atomic E-state index is 2.58. The molecule has 0 bridgehead atoms. The fourth-order valence-corrected chi connectivity index (χ4v) is 5.49. The molecule has 0 saturated carbocycles. The van der Waals surface area contributed by atoms with E-state index in [1.165, 1.54) is 161 Å². The fourth-order valence-electron chi connectivity index (χ4n) is 5.49. The van der Waals surface area contributed by atoms with Crippen LogP contribution in [-0.4, -0.2) is 4.57 Å². The second-order valence-electron chi connectivity index (χ2n) is 11.6. The summed E-state index contributed by atoms with van der Waals surface area (Å²) >= 11 is 0. The minimum atomic E-state index is 0.570. The predicted octanol–water partition coefficient (Wildman–Crippen LogP) is 10.9. The molecule has 0 atom stereocenters. The molecule has 1 rings (SSSR count). The molecule has 2 heteroatoms. The minimum absolute atomic E-state index is 0.570. The van der Waals surface area contributed by atoms with Crippen molar-refractivity contribution in [3.05, 3.63) is 18.2 Å². The Bertz CT molecular complexity index is 559. The van der Waals surface area contributed by atoms with Gasteiger partial charge in [0.25, 0.3) is 5.82 Å². The number of aromatic nitrogens is 2. The van der Waals surface area contributed by atoms with Gasteiger partial charge in [0.2, 0.25) is 0 Å². The van der Waals surface area contributed by atoms with Crippen LogP contribution in [0.2, 0.25) is 0 Å². The Balaban J connectivity index is 2.12. The Morgan fingerprint density at radius 3 is 1.31 bits per heavy atom. The van der Waals surface area contributed by atoms with Gasteiger partial charge in [-0.05, 0) is 33.1 Å². The zero-order chi connectivity index (χ0) is 25.4. The molecule has 1 heterocycles. The van der Waals surface area contributed by atoms with Crippen molar-refractivity contribution >= 4 is 0 Å². The van der Waals surface area contributed by atoms with Crippen molar-refractivity contribution in [1.29, 1.82) is 0 Å². The third-order valence-corrected chi connectivity index (χ3v) is 7.85. The monoisotopic (exact) mass is 490 g/mol. The number of hydrogen-bond acceptors (Lipinski definition) is 0. The first-order chi connectivity index (χ1) is 17.2. The van der Waals surface area contributed by atoms with Crippen molar-refractivity contribution in [2.45, 2.75) is 194 Å². The maximum Gasteiger partial charge on any atom is 0.256 e. The van der Waals surface area contributed by atoms with Crippen LogP contribution in [0.25, 0.3) is 0 Å². The first kappa shape index (κ1) is 32.2. The summed E-state index contributed by atoms with van der Waals surface area (Å²) in [7, 11) is 0. The fraction of sp³-hybridized carbons (Fsp3) is 0.909. The Morgan fingerprint density at radius 1 is 0.543 bits per heavy atom. The number of hydrogen-bond donors (Lipinski definition) is 0. The number of nitrogens with zero attached hydrogens (tertiary/aromatic N) is 2. The molecule has 0 N–H and O–H groups in total. The van der Waals surface area contributed by atoms with E-state index in [0.717, 1.165) is 0 Å². The third-order valence-electron chi connectivity index (χ3n) is 7.85. The summed E-state index contributed by atoms with van der Waals surface area (Å²) in [5.74, 6) is 1.57. The molecule has 0 aromatic carbocycles. The van der Waals surface area contributed by atoms with E-state index in [9.17, 15) is 0 Å². The number of aryl methyl sites for hydroxylation is 1. The van der Waals surface area contributed by atoms with Crippen molar-refractivity contribution in [2.24, 2.45) is 0 Å².